The quantitative estimate of drug-likeness (QED) is 0.560. The van der Waals surface area contributed by atoms with E-state index in [4.69, 9.17) is 4.74 Å². The van der Waals surface area contributed by atoms with Crippen molar-refractivity contribution in [2.75, 3.05) is 20.2 Å². The standard InChI is InChI=1S/C23H20FN3O4S/c1-14-9-21(26-22-11-15(23(28)31-2)3-5-19(14)22)20-6-4-18(10-16(20)12-25)32(29,30)27-8-7-17(24)13-27/h3-6,9-11,17H,7-8,13H2,1-2H3/t17-/m0/s1. The molecule has 2 aromatic carbocycles. The van der Waals surface area contributed by atoms with Gasteiger partial charge in [-0.2, -0.15) is 9.57 Å². The molecule has 0 unspecified atom stereocenters. The molecule has 1 aliphatic rings. The van der Waals surface area contributed by atoms with Crippen LogP contribution in [0.25, 0.3) is 22.2 Å². The second-order valence-electron chi connectivity index (χ2n) is 7.62. The SMILES string of the molecule is COC(=O)c1ccc2c(C)cc(-c3ccc(S(=O)(=O)N4CC[C@H](F)C4)cc3C#N)nc2c1. The topological polar surface area (TPSA) is 100 Å². The van der Waals surface area contributed by atoms with Gasteiger partial charge in [-0.05, 0) is 49.2 Å². The number of nitriles is 1. The van der Waals surface area contributed by atoms with E-state index in [1.54, 1.807) is 24.3 Å². The summed E-state index contributed by atoms with van der Waals surface area (Å²) in [5, 5.41) is 10.5. The van der Waals surface area contributed by atoms with Crippen molar-refractivity contribution in [2.45, 2.75) is 24.4 Å². The van der Waals surface area contributed by atoms with Crippen molar-refractivity contribution in [3.8, 4) is 17.3 Å². The van der Waals surface area contributed by atoms with Crippen LogP contribution in [-0.2, 0) is 14.8 Å². The van der Waals surface area contributed by atoms with Gasteiger partial charge in [-0.25, -0.2) is 22.6 Å². The molecule has 0 amide bonds. The summed E-state index contributed by atoms with van der Waals surface area (Å²) in [6, 6.07) is 13.1. The molecule has 164 valence electrons. The molecule has 0 spiro atoms. The molecule has 1 saturated heterocycles. The van der Waals surface area contributed by atoms with Crippen molar-refractivity contribution in [1.29, 1.82) is 5.26 Å². The van der Waals surface area contributed by atoms with Crippen LogP contribution in [0, 0.1) is 18.3 Å². The Morgan fingerprint density at radius 3 is 2.69 bits per heavy atom. The van der Waals surface area contributed by atoms with Crippen LogP contribution in [0.1, 0.15) is 27.9 Å². The van der Waals surface area contributed by atoms with Crippen LogP contribution in [0.4, 0.5) is 4.39 Å². The number of alkyl halides is 1. The molecule has 1 fully saturated rings. The number of benzene rings is 2. The van der Waals surface area contributed by atoms with Crippen LogP contribution >= 0.6 is 0 Å². The number of rotatable bonds is 4. The van der Waals surface area contributed by atoms with E-state index in [0.29, 0.717) is 22.3 Å². The Morgan fingerprint density at radius 1 is 1.25 bits per heavy atom. The lowest BCUT2D eigenvalue weighted by molar-refractivity contribution is 0.0601. The number of pyridine rings is 1. The number of hydrogen-bond donors (Lipinski definition) is 0. The zero-order chi connectivity index (χ0) is 23.0. The molecule has 2 heterocycles. The van der Waals surface area contributed by atoms with E-state index in [-0.39, 0.29) is 30.0 Å². The lowest BCUT2D eigenvalue weighted by atomic mass is 10.0. The molecule has 0 N–H and O–H groups in total. The number of aryl methyl sites for hydroxylation is 1. The van der Waals surface area contributed by atoms with Crippen molar-refractivity contribution in [3.05, 3.63) is 59.2 Å². The van der Waals surface area contributed by atoms with Crippen LogP contribution in [-0.4, -0.2) is 50.0 Å². The zero-order valence-electron chi connectivity index (χ0n) is 17.5. The van der Waals surface area contributed by atoms with Gasteiger partial charge in [0.1, 0.15) is 6.17 Å². The van der Waals surface area contributed by atoms with Gasteiger partial charge in [0.05, 0.1) is 40.4 Å². The van der Waals surface area contributed by atoms with Gasteiger partial charge >= 0.3 is 5.97 Å². The van der Waals surface area contributed by atoms with Gasteiger partial charge in [-0.3, -0.25) is 0 Å². The normalized spacial score (nSPS) is 16.8. The Bertz CT molecular complexity index is 1380. The van der Waals surface area contributed by atoms with Crippen LogP contribution < -0.4 is 0 Å². The lowest BCUT2D eigenvalue weighted by Crippen LogP contribution is -2.29. The van der Waals surface area contributed by atoms with E-state index in [1.807, 2.05) is 13.0 Å². The van der Waals surface area contributed by atoms with Gasteiger partial charge in [-0.15, -0.1) is 0 Å². The number of carbonyl (C=O) groups is 1. The monoisotopic (exact) mass is 453 g/mol. The number of aromatic nitrogens is 1. The van der Waals surface area contributed by atoms with Crippen molar-refractivity contribution in [2.24, 2.45) is 0 Å². The van der Waals surface area contributed by atoms with Gasteiger partial charge < -0.3 is 4.74 Å². The highest BCUT2D eigenvalue weighted by Crippen LogP contribution is 2.30. The minimum absolute atomic E-state index is 0.0580. The highest BCUT2D eigenvalue weighted by atomic mass is 32.2. The largest absolute Gasteiger partial charge is 0.465 e. The van der Waals surface area contributed by atoms with Crippen LogP contribution in [0.2, 0.25) is 0 Å². The van der Waals surface area contributed by atoms with Gasteiger partial charge in [0.2, 0.25) is 10.0 Å². The van der Waals surface area contributed by atoms with Crippen molar-refractivity contribution in [3.63, 3.8) is 0 Å². The zero-order valence-corrected chi connectivity index (χ0v) is 18.3. The predicted molar refractivity (Wildman–Crippen MR) is 116 cm³/mol. The van der Waals surface area contributed by atoms with E-state index in [9.17, 15) is 22.9 Å². The summed E-state index contributed by atoms with van der Waals surface area (Å²) in [4.78, 5) is 16.4. The molecule has 3 aromatic rings. The number of esters is 1. The number of fused-ring (bicyclic) bond motifs is 1. The van der Waals surface area contributed by atoms with Gasteiger partial charge in [0, 0.05) is 24.0 Å². The molecule has 1 atom stereocenters. The summed E-state index contributed by atoms with van der Waals surface area (Å²) < 4.78 is 45.1. The maximum atomic E-state index is 13.5. The molecule has 0 radical (unpaired) electrons. The average molecular weight is 453 g/mol. The fraction of sp³-hybridized carbons (Fsp3) is 0.261. The molecule has 0 saturated carbocycles. The second-order valence-corrected chi connectivity index (χ2v) is 9.55. The summed E-state index contributed by atoms with van der Waals surface area (Å²) in [6.07, 6.45) is -1.02. The number of sulfonamides is 1. The van der Waals surface area contributed by atoms with Crippen molar-refractivity contribution < 1.29 is 22.3 Å². The number of ether oxygens (including phenoxy) is 1. The maximum absolute atomic E-state index is 13.5. The van der Waals surface area contributed by atoms with Crippen molar-refractivity contribution >= 4 is 26.9 Å². The summed E-state index contributed by atoms with van der Waals surface area (Å²) in [7, 11) is -2.60. The third kappa shape index (κ3) is 3.83. The number of nitrogens with zero attached hydrogens (tertiary/aromatic N) is 3. The third-order valence-corrected chi connectivity index (χ3v) is 7.42. The number of hydrogen-bond acceptors (Lipinski definition) is 6. The number of methoxy groups -OCH3 is 1. The van der Waals surface area contributed by atoms with E-state index < -0.39 is 22.2 Å². The third-order valence-electron chi connectivity index (χ3n) is 5.56. The smallest absolute Gasteiger partial charge is 0.337 e. The summed E-state index contributed by atoms with van der Waals surface area (Å²) in [5.74, 6) is -0.485. The van der Waals surface area contributed by atoms with Crippen LogP contribution in [0.3, 0.4) is 0 Å². The number of carbonyl (C=O) groups excluding carboxylic acids is 1. The molecule has 0 aliphatic carbocycles. The number of halogens is 1. The van der Waals surface area contributed by atoms with Gasteiger partial charge in [0.25, 0.3) is 0 Å². The van der Waals surface area contributed by atoms with Gasteiger partial charge in [-0.1, -0.05) is 12.1 Å². The van der Waals surface area contributed by atoms with Gasteiger partial charge in [0.15, 0.2) is 0 Å². The molecular weight excluding hydrogens is 433 g/mol. The molecule has 7 nitrogen and oxygen atoms in total. The molecule has 1 aliphatic heterocycles. The molecule has 32 heavy (non-hydrogen) atoms. The lowest BCUT2D eigenvalue weighted by Gasteiger charge is -2.16. The summed E-state index contributed by atoms with van der Waals surface area (Å²) >= 11 is 0. The molecule has 9 heteroatoms. The molecular formula is C23H20FN3O4S. The van der Waals surface area contributed by atoms with Crippen molar-refractivity contribution in [1.82, 2.24) is 9.29 Å². The Hall–Kier alpha value is -3.35. The fourth-order valence-corrected chi connectivity index (χ4v) is 5.35. The highest BCUT2D eigenvalue weighted by molar-refractivity contribution is 7.89. The summed E-state index contributed by atoms with van der Waals surface area (Å²) in [5.41, 5.74) is 2.86. The highest BCUT2D eigenvalue weighted by Gasteiger charge is 2.33. The van der Waals surface area contributed by atoms with Crippen LogP contribution in [0.15, 0.2) is 47.4 Å². The molecule has 1 aromatic heterocycles. The second kappa shape index (κ2) is 8.30. The first-order valence-corrected chi connectivity index (χ1v) is 11.4. The predicted octanol–water partition coefficient (Wildman–Crippen LogP) is 3.60. The first-order valence-electron chi connectivity index (χ1n) is 9.93. The van der Waals surface area contributed by atoms with E-state index >= 15 is 0 Å². The van der Waals surface area contributed by atoms with E-state index in [0.717, 1.165) is 15.3 Å². The summed E-state index contributed by atoms with van der Waals surface area (Å²) in [6.45, 7) is 1.82. The Balaban J connectivity index is 1.80. The minimum atomic E-state index is -3.89. The first kappa shape index (κ1) is 21.9. The average Bonchev–Trinajstić information content (AvgIpc) is 3.24. The first-order chi connectivity index (χ1) is 15.2. The Kier molecular flexibility index (Phi) is 5.67. The molecule has 4 rings (SSSR count). The maximum Gasteiger partial charge on any atom is 0.337 e. The Labute approximate surface area is 185 Å². The minimum Gasteiger partial charge on any atom is -0.465 e. The molecule has 0 bridgehead atoms. The van der Waals surface area contributed by atoms with E-state index in [1.165, 1.54) is 25.3 Å². The van der Waals surface area contributed by atoms with E-state index in [2.05, 4.69) is 4.98 Å². The Morgan fingerprint density at radius 2 is 2.03 bits per heavy atom. The van der Waals surface area contributed by atoms with Crippen LogP contribution in [0.5, 0.6) is 0 Å². The fourth-order valence-electron chi connectivity index (χ4n) is 3.84.